The van der Waals surface area contributed by atoms with E-state index in [2.05, 4.69) is 39.6 Å². The Morgan fingerprint density at radius 1 is 1.29 bits per heavy atom. The molecule has 0 amide bonds. The first kappa shape index (κ1) is 8.24. The normalized spacial score (nSPS) is 28.0. The van der Waals surface area contributed by atoms with Gasteiger partial charge in [0.05, 0.1) is 12.1 Å². The highest BCUT2D eigenvalue weighted by Gasteiger charge is 2.42. The summed E-state index contributed by atoms with van der Waals surface area (Å²) in [6, 6.07) is 0. The Labute approximate surface area is 84.2 Å². The quantitative estimate of drug-likeness (QED) is 0.613. The summed E-state index contributed by atoms with van der Waals surface area (Å²) in [5.41, 5.74) is 0.293. The number of fused-ring (bicyclic) bond motifs is 2. The second kappa shape index (κ2) is 2.95. The van der Waals surface area contributed by atoms with Crippen LogP contribution in [0, 0.1) is 0 Å². The van der Waals surface area contributed by atoms with Crippen LogP contribution < -0.4 is 5.32 Å². The number of piperidine rings is 1. The van der Waals surface area contributed by atoms with Crippen molar-refractivity contribution in [2.45, 2.75) is 18.4 Å². The third-order valence-electron chi connectivity index (χ3n) is 3.42. The van der Waals surface area contributed by atoms with Gasteiger partial charge < -0.3 is 10.2 Å². The van der Waals surface area contributed by atoms with Crippen LogP contribution in [0.2, 0.25) is 0 Å². The molecule has 1 N–H and O–H groups in total. The molecule has 1 fully saturated rings. The zero-order chi connectivity index (χ0) is 9.43. The van der Waals surface area contributed by atoms with Crippen LogP contribution in [-0.4, -0.2) is 35.9 Å². The van der Waals surface area contributed by atoms with E-state index in [-0.39, 0.29) is 0 Å². The maximum Gasteiger partial charge on any atom is 0.128 e. The molecule has 14 heavy (non-hydrogen) atoms. The van der Waals surface area contributed by atoms with Crippen LogP contribution in [0.3, 0.4) is 0 Å². The van der Waals surface area contributed by atoms with Gasteiger partial charge in [-0.15, -0.1) is 0 Å². The maximum absolute atomic E-state index is 4.61. The van der Waals surface area contributed by atoms with Gasteiger partial charge in [-0.3, -0.25) is 4.99 Å². The Hall–Kier alpha value is -1.09. The van der Waals surface area contributed by atoms with Gasteiger partial charge in [0, 0.05) is 6.20 Å². The average Bonchev–Trinajstić information content (AvgIpc) is 2.60. The van der Waals surface area contributed by atoms with Crippen LogP contribution in [0.5, 0.6) is 0 Å². The molecule has 3 rings (SSSR count). The van der Waals surface area contributed by atoms with Crippen molar-refractivity contribution >= 4 is 5.84 Å². The third-order valence-corrected chi connectivity index (χ3v) is 3.42. The zero-order valence-electron chi connectivity index (χ0n) is 8.24. The summed E-state index contributed by atoms with van der Waals surface area (Å²) in [4.78, 5) is 6.98. The minimum atomic E-state index is 0.293. The number of aliphatic imine (C=N–C) groups is 1. The van der Waals surface area contributed by atoms with Crippen molar-refractivity contribution in [1.29, 1.82) is 0 Å². The molecule has 74 valence electrons. The van der Waals surface area contributed by atoms with Crippen molar-refractivity contribution in [3.63, 3.8) is 0 Å². The number of nitrogens with zero attached hydrogens (tertiary/aromatic N) is 2. The summed E-state index contributed by atoms with van der Waals surface area (Å²) in [7, 11) is 0. The van der Waals surface area contributed by atoms with Gasteiger partial charge in [-0.2, -0.15) is 0 Å². The SMILES string of the molecule is C1=CC2=NCC3(CCNCC3)N2C=C1. The highest BCUT2D eigenvalue weighted by atomic mass is 15.3. The first-order valence-corrected chi connectivity index (χ1v) is 5.30. The van der Waals surface area contributed by atoms with E-state index in [1.807, 2.05) is 0 Å². The van der Waals surface area contributed by atoms with Crippen molar-refractivity contribution in [1.82, 2.24) is 10.2 Å². The molecule has 0 aromatic heterocycles. The van der Waals surface area contributed by atoms with Crippen LogP contribution in [-0.2, 0) is 0 Å². The number of hydrogen-bond donors (Lipinski definition) is 1. The summed E-state index contributed by atoms with van der Waals surface area (Å²) in [5.74, 6) is 1.15. The molecule has 1 spiro atoms. The molecular formula is C11H15N3. The lowest BCUT2D eigenvalue weighted by atomic mass is 9.87. The lowest BCUT2D eigenvalue weighted by molar-refractivity contribution is 0.196. The monoisotopic (exact) mass is 189 g/mol. The third kappa shape index (κ3) is 1.05. The molecule has 0 aromatic rings. The predicted molar refractivity (Wildman–Crippen MR) is 57.3 cm³/mol. The first-order chi connectivity index (χ1) is 6.91. The molecule has 3 aliphatic rings. The number of hydrogen-bond acceptors (Lipinski definition) is 3. The molecule has 0 saturated carbocycles. The molecule has 3 aliphatic heterocycles. The lowest BCUT2D eigenvalue weighted by Gasteiger charge is -2.41. The maximum atomic E-state index is 4.61. The van der Waals surface area contributed by atoms with Gasteiger partial charge in [-0.05, 0) is 38.1 Å². The van der Waals surface area contributed by atoms with E-state index in [1.54, 1.807) is 0 Å². The predicted octanol–water partition coefficient (Wildman–Crippen LogP) is 0.906. The van der Waals surface area contributed by atoms with E-state index < -0.39 is 0 Å². The summed E-state index contributed by atoms with van der Waals surface area (Å²) in [5, 5.41) is 3.41. The van der Waals surface area contributed by atoms with Crippen LogP contribution >= 0.6 is 0 Å². The van der Waals surface area contributed by atoms with Crippen molar-refractivity contribution in [2.24, 2.45) is 4.99 Å². The fourth-order valence-electron chi connectivity index (χ4n) is 2.56. The van der Waals surface area contributed by atoms with Crippen LogP contribution in [0.4, 0.5) is 0 Å². The summed E-state index contributed by atoms with van der Waals surface area (Å²) in [6.45, 7) is 3.21. The van der Waals surface area contributed by atoms with Gasteiger partial charge >= 0.3 is 0 Å². The molecular weight excluding hydrogens is 174 g/mol. The van der Waals surface area contributed by atoms with Crippen LogP contribution in [0.25, 0.3) is 0 Å². The number of allylic oxidation sites excluding steroid dienone is 2. The van der Waals surface area contributed by atoms with Gasteiger partial charge in [0.1, 0.15) is 5.84 Å². The molecule has 3 heterocycles. The largest absolute Gasteiger partial charge is 0.325 e. The van der Waals surface area contributed by atoms with Gasteiger partial charge in [0.25, 0.3) is 0 Å². The summed E-state index contributed by atoms with van der Waals surface area (Å²) in [6.07, 6.45) is 10.9. The van der Waals surface area contributed by atoms with E-state index in [0.29, 0.717) is 5.54 Å². The Morgan fingerprint density at radius 3 is 3.00 bits per heavy atom. The minimum Gasteiger partial charge on any atom is -0.325 e. The van der Waals surface area contributed by atoms with Gasteiger partial charge in [0.2, 0.25) is 0 Å². The standard InChI is InChI=1S/C11H15N3/c1-2-8-14-10(3-1)13-9-11(14)4-6-12-7-5-11/h1-3,8,12H,4-7,9H2. The fraction of sp³-hybridized carbons (Fsp3) is 0.545. The Morgan fingerprint density at radius 2 is 2.14 bits per heavy atom. The van der Waals surface area contributed by atoms with Gasteiger partial charge in [-0.25, -0.2) is 0 Å². The number of rotatable bonds is 0. The highest BCUT2D eigenvalue weighted by molar-refractivity contribution is 5.97. The first-order valence-electron chi connectivity index (χ1n) is 5.30. The minimum absolute atomic E-state index is 0.293. The molecule has 0 aliphatic carbocycles. The number of amidine groups is 1. The molecule has 0 atom stereocenters. The topological polar surface area (TPSA) is 27.6 Å². The Kier molecular flexibility index (Phi) is 1.74. The second-order valence-corrected chi connectivity index (χ2v) is 4.22. The smallest absolute Gasteiger partial charge is 0.128 e. The Bertz CT molecular complexity index is 321. The van der Waals surface area contributed by atoms with Gasteiger partial charge in [-0.1, -0.05) is 6.08 Å². The molecule has 3 heteroatoms. The van der Waals surface area contributed by atoms with E-state index in [9.17, 15) is 0 Å². The molecule has 1 saturated heterocycles. The Balaban J connectivity index is 1.90. The average molecular weight is 189 g/mol. The van der Waals surface area contributed by atoms with Crippen LogP contribution in [0.15, 0.2) is 29.4 Å². The van der Waals surface area contributed by atoms with Crippen molar-refractivity contribution < 1.29 is 0 Å². The van der Waals surface area contributed by atoms with Gasteiger partial charge in [0.15, 0.2) is 0 Å². The van der Waals surface area contributed by atoms with Crippen molar-refractivity contribution in [3.05, 3.63) is 24.4 Å². The van der Waals surface area contributed by atoms with Crippen LogP contribution in [0.1, 0.15) is 12.8 Å². The van der Waals surface area contributed by atoms with Crippen molar-refractivity contribution in [2.75, 3.05) is 19.6 Å². The summed E-state index contributed by atoms with van der Waals surface area (Å²) >= 11 is 0. The summed E-state index contributed by atoms with van der Waals surface area (Å²) < 4.78 is 0. The van der Waals surface area contributed by atoms with E-state index >= 15 is 0 Å². The van der Waals surface area contributed by atoms with Crippen molar-refractivity contribution in [3.8, 4) is 0 Å². The highest BCUT2D eigenvalue weighted by Crippen LogP contribution is 2.33. The molecule has 0 radical (unpaired) electrons. The molecule has 0 unspecified atom stereocenters. The second-order valence-electron chi connectivity index (χ2n) is 4.22. The fourth-order valence-corrected chi connectivity index (χ4v) is 2.56. The van der Waals surface area contributed by atoms with E-state index in [0.717, 1.165) is 25.5 Å². The molecule has 0 aromatic carbocycles. The zero-order valence-corrected chi connectivity index (χ0v) is 8.24. The van der Waals surface area contributed by atoms with E-state index in [4.69, 9.17) is 0 Å². The molecule has 0 bridgehead atoms. The van der Waals surface area contributed by atoms with E-state index in [1.165, 1.54) is 12.8 Å². The molecule has 3 nitrogen and oxygen atoms in total. The lowest BCUT2D eigenvalue weighted by Crippen LogP contribution is -2.53. The number of nitrogens with one attached hydrogen (secondary N) is 1.